The molecule has 0 aliphatic heterocycles. The Morgan fingerprint density at radius 1 is 1.20 bits per heavy atom. The molecule has 0 aliphatic rings. The highest BCUT2D eigenvalue weighted by Gasteiger charge is 2.07. The van der Waals surface area contributed by atoms with Crippen molar-refractivity contribution in [1.29, 1.82) is 0 Å². The molecule has 4 heteroatoms. The number of nitrogens with zero attached hydrogens (tertiary/aromatic N) is 2. The summed E-state index contributed by atoms with van der Waals surface area (Å²) in [7, 11) is 3.20. The van der Waals surface area contributed by atoms with Crippen LogP contribution in [0.1, 0.15) is 31.9 Å². The number of methoxy groups -OCH3 is 2. The van der Waals surface area contributed by atoms with E-state index in [1.54, 1.807) is 20.4 Å². The summed E-state index contributed by atoms with van der Waals surface area (Å²) < 4.78 is 10.2. The molecule has 1 rings (SSSR count). The third-order valence-corrected chi connectivity index (χ3v) is 2.20. The quantitative estimate of drug-likeness (QED) is 0.675. The molecule has 15 heavy (non-hydrogen) atoms. The average Bonchev–Trinajstić information content (AvgIpc) is 2.29. The van der Waals surface area contributed by atoms with Crippen LogP contribution < -0.4 is 9.47 Å². The van der Waals surface area contributed by atoms with E-state index in [1.165, 1.54) is 12.8 Å². The van der Waals surface area contributed by atoms with Gasteiger partial charge in [0.25, 0.3) is 0 Å². The summed E-state index contributed by atoms with van der Waals surface area (Å²) in [4.78, 5) is 8.46. The van der Waals surface area contributed by atoms with Crippen LogP contribution in [0.4, 0.5) is 0 Å². The second-order valence-corrected chi connectivity index (χ2v) is 3.33. The molecule has 0 atom stereocenters. The Kier molecular flexibility index (Phi) is 4.87. The molecule has 4 nitrogen and oxygen atoms in total. The molecular weight excluding hydrogens is 192 g/mol. The minimum Gasteiger partial charge on any atom is -0.480 e. The van der Waals surface area contributed by atoms with E-state index >= 15 is 0 Å². The zero-order chi connectivity index (χ0) is 11.1. The lowest BCUT2D eigenvalue weighted by Crippen LogP contribution is -2.01. The molecule has 1 aromatic rings. The molecule has 1 aromatic heterocycles. The van der Waals surface area contributed by atoms with Crippen molar-refractivity contribution in [2.75, 3.05) is 14.2 Å². The summed E-state index contributed by atoms with van der Waals surface area (Å²) in [6, 6.07) is 0. The molecule has 84 valence electrons. The SMILES string of the molecule is CCCCCc1nc(OC)cnc1OC. The molecular formula is C11H18N2O2. The van der Waals surface area contributed by atoms with Crippen LogP contribution in [0.15, 0.2) is 6.20 Å². The van der Waals surface area contributed by atoms with E-state index in [1.807, 2.05) is 0 Å². The normalized spacial score (nSPS) is 10.1. The van der Waals surface area contributed by atoms with Crippen molar-refractivity contribution in [3.05, 3.63) is 11.9 Å². The molecule has 0 radical (unpaired) electrons. The van der Waals surface area contributed by atoms with Crippen LogP contribution in [0.3, 0.4) is 0 Å². The summed E-state index contributed by atoms with van der Waals surface area (Å²) in [6.45, 7) is 2.18. The predicted octanol–water partition coefficient (Wildman–Crippen LogP) is 2.23. The van der Waals surface area contributed by atoms with Gasteiger partial charge >= 0.3 is 0 Å². The van der Waals surface area contributed by atoms with Gasteiger partial charge < -0.3 is 9.47 Å². The molecule has 0 fully saturated rings. The van der Waals surface area contributed by atoms with Crippen LogP contribution in [0.2, 0.25) is 0 Å². The maximum absolute atomic E-state index is 5.15. The Morgan fingerprint density at radius 2 is 2.00 bits per heavy atom. The third-order valence-electron chi connectivity index (χ3n) is 2.20. The average molecular weight is 210 g/mol. The van der Waals surface area contributed by atoms with Gasteiger partial charge in [-0.15, -0.1) is 0 Å². The van der Waals surface area contributed by atoms with Crippen molar-refractivity contribution in [3.8, 4) is 11.8 Å². The molecule has 0 aromatic carbocycles. The van der Waals surface area contributed by atoms with Crippen molar-refractivity contribution in [1.82, 2.24) is 9.97 Å². The van der Waals surface area contributed by atoms with Crippen molar-refractivity contribution < 1.29 is 9.47 Å². The first-order valence-corrected chi connectivity index (χ1v) is 5.25. The highest BCUT2D eigenvalue weighted by molar-refractivity contribution is 5.22. The number of rotatable bonds is 6. The lowest BCUT2D eigenvalue weighted by Gasteiger charge is -2.07. The number of aromatic nitrogens is 2. The second kappa shape index (κ2) is 6.22. The summed E-state index contributed by atoms with van der Waals surface area (Å²) in [5.74, 6) is 1.15. The van der Waals surface area contributed by atoms with E-state index in [9.17, 15) is 0 Å². The van der Waals surface area contributed by atoms with Gasteiger partial charge in [-0.3, -0.25) is 0 Å². The van der Waals surface area contributed by atoms with E-state index in [2.05, 4.69) is 16.9 Å². The highest BCUT2D eigenvalue weighted by Crippen LogP contribution is 2.18. The maximum atomic E-state index is 5.15. The lowest BCUT2D eigenvalue weighted by atomic mass is 10.1. The van der Waals surface area contributed by atoms with Gasteiger partial charge in [0.1, 0.15) is 5.69 Å². The lowest BCUT2D eigenvalue weighted by molar-refractivity contribution is 0.367. The van der Waals surface area contributed by atoms with E-state index in [4.69, 9.17) is 9.47 Å². The number of hydrogen-bond donors (Lipinski definition) is 0. The highest BCUT2D eigenvalue weighted by atomic mass is 16.5. The number of unbranched alkanes of at least 4 members (excludes halogenated alkanes) is 2. The summed E-state index contributed by atoms with van der Waals surface area (Å²) in [5.41, 5.74) is 0.880. The number of aryl methyl sites for hydroxylation is 1. The topological polar surface area (TPSA) is 44.2 Å². The zero-order valence-corrected chi connectivity index (χ0v) is 9.62. The summed E-state index contributed by atoms with van der Waals surface area (Å²) >= 11 is 0. The first kappa shape index (κ1) is 11.8. The molecule has 0 saturated heterocycles. The zero-order valence-electron chi connectivity index (χ0n) is 9.62. The molecule has 0 unspecified atom stereocenters. The van der Waals surface area contributed by atoms with Gasteiger partial charge in [0, 0.05) is 0 Å². The molecule has 0 bridgehead atoms. The first-order chi connectivity index (χ1) is 7.31. The largest absolute Gasteiger partial charge is 0.480 e. The van der Waals surface area contributed by atoms with Crippen molar-refractivity contribution >= 4 is 0 Å². The van der Waals surface area contributed by atoms with Crippen molar-refractivity contribution in [2.24, 2.45) is 0 Å². The second-order valence-electron chi connectivity index (χ2n) is 3.33. The minimum atomic E-state index is 0.544. The molecule has 0 amide bonds. The van der Waals surface area contributed by atoms with E-state index in [0.29, 0.717) is 11.8 Å². The summed E-state index contributed by atoms with van der Waals surface area (Å²) in [6.07, 6.45) is 5.96. The van der Waals surface area contributed by atoms with Crippen molar-refractivity contribution in [3.63, 3.8) is 0 Å². The third kappa shape index (κ3) is 3.38. The number of hydrogen-bond acceptors (Lipinski definition) is 4. The fourth-order valence-electron chi connectivity index (χ4n) is 1.37. The smallest absolute Gasteiger partial charge is 0.235 e. The van der Waals surface area contributed by atoms with Crippen LogP contribution in [0, 0.1) is 0 Å². The van der Waals surface area contributed by atoms with Crippen LogP contribution >= 0.6 is 0 Å². The Bertz CT molecular complexity index is 303. The van der Waals surface area contributed by atoms with Gasteiger partial charge in [-0.25, -0.2) is 9.97 Å². The van der Waals surface area contributed by atoms with Crippen LogP contribution in [-0.4, -0.2) is 24.2 Å². The maximum Gasteiger partial charge on any atom is 0.235 e. The number of ether oxygens (including phenoxy) is 2. The van der Waals surface area contributed by atoms with Gasteiger partial charge in [0.15, 0.2) is 0 Å². The Balaban J connectivity index is 2.72. The summed E-state index contributed by atoms with van der Waals surface area (Å²) in [5, 5.41) is 0. The van der Waals surface area contributed by atoms with Gasteiger partial charge in [0.2, 0.25) is 11.8 Å². The standard InChI is InChI=1S/C11H18N2O2/c1-4-5-6-7-9-11(15-3)12-8-10(13-9)14-2/h8H,4-7H2,1-3H3. The van der Waals surface area contributed by atoms with Crippen molar-refractivity contribution in [2.45, 2.75) is 32.6 Å². The van der Waals surface area contributed by atoms with Crippen LogP contribution in [0.25, 0.3) is 0 Å². The van der Waals surface area contributed by atoms with E-state index in [-0.39, 0.29) is 0 Å². The van der Waals surface area contributed by atoms with E-state index in [0.717, 1.165) is 18.5 Å². The molecule has 0 aliphatic carbocycles. The Morgan fingerprint density at radius 3 is 2.60 bits per heavy atom. The Labute approximate surface area is 90.7 Å². The molecule has 0 spiro atoms. The van der Waals surface area contributed by atoms with Gasteiger partial charge in [-0.1, -0.05) is 19.8 Å². The van der Waals surface area contributed by atoms with Gasteiger partial charge in [-0.2, -0.15) is 0 Å². The predicted molar refractivity (Wildman–Crippen MR) is 58.4 cm³/mol. The van der Waals surface area contributed by atoms with Crippen LogP contribution in [-0.2, 0) is 6.42 Å². The van der Waals surface area contributed by atoms with E-state index < -0.39 is 0 Å². The van der Waals surface area contributed by atoms with Crippen LogP contribution in [0.5, 0.6) is 11.8 Å². The molecule has 0 N–H and O–H groups in total. The minimum absolute atomic E-state index is 0.544. The monoisotopic (exact) mass is 210 g/mol. The molecule has 0 saturated carbocycles. The van der Waals surface area contributed by atoms with Gasteiger partial charge in [0.05, 0.1) is 20.4 Å². The Hall–Kier alpha value is -1.32. The fourth-order valence-corrected chi connectivity index (χ4v) is 1.37. The molecule has 1 heterocycles. The first-order valence-electron chi connectivity index (χ1n) is 5.25. The fraction of sp³-hybridized carbons (Fsp3) is 0.636. The van der Waals surface area contributed by atoms with Gasteiger partial charge in [-0.05, 0) is 12.8 Å².